The molecule has 1 spiro atoms. The molecule has 3 aromatic rings. The van der Waals surface area contributed by atoms with E-state index in [9.17, 15) is 4.79 Å². The van der Waals surface area contributed by atoms with Crippen molar-refractivity contribution in [3.63, 3.8) is 0 Å². The largest absolute Gasteiger partial charge is 0.347 e. The Hall–Kier alpha value is -2.97. The minimum atomic E-state index is -0.0186. The molecule has 3 fully saturated rings. The standard InChI is InChI=1S/C31H43N7O/c39-30(38(22-28-32-14-15-33-28)23-29-34-16-17-35-29)26-9-7-25(8-10-26)21-36-18-11-31(24-36)12-19-37(20-13-31)27-5-3-1-2-4-6-27/h7-10,14-17,27H,1-6,11-13,18-24H2,(H,32,33)(H,34,35). The molecule has 3 aliphatic rings. The van der Waals surface area contributed by atoms with Crippen LogP contribution in [0.25, 0.3) is 0 Å². The highest BCUT2D eigenvalue weighted by Gasteiger charge is 2.41. The van der Waals surface area contributed by atoms with Crippen molar-refractivity contribution in [3.8, 4) is 0 Å². The predicted octanol–water partition coefficient (Wildman–Crippen LogP) is 4.99. The molecule has 208 valence electrons. The van der Waals surface area contributed by atoms with Crippen LogP contribution in [0.1, 0.15) is 85.4 Å². The Balaban J connectivity index is 1.03. The quantitative estimate of drug-likeness (QED) is 0.402. The van der Waals surface area contributed by atoms with Crippen molar-refractivity contribution in [2.75, 3.05) is 26.2 Å². The summed E-state index contributed by atoms with van der Waals surface area (Å²) in [5.74, 6) is 1.50. The SMILES string of the molecule is O=C(c1ccc(CN2CCC3(CCN(C4CCCCCC4)CC3)C2)cc1)N(Cc1ncc[nH]1)Cc1ncc[nH]1. The van der Waals surface area contributed by atoms with Crippen molar-refractivity contribution in [2.24, 2.45) is 5.41 Å². The number of carbonyl (C=O) groups excluding carboxylic acids is 1. The van der Waals surface area contributed by atoms with E-state index in [0.717, 1.165) is 24.2 Å². The minimum Gasteiger partial charge on any atom is -0.347 e. The molecule has 0 unspecified atom stereocenters. The zero-order valence-corrected chi connectivity index (χ0v) is 23.2. The van der Waals surface area contributed by atoms with E-state index in [4.69, 9.17) is 0 Å². The van der Waals surface area contributed by atoms with Crippen molar-refractivity contribution >= 4 is 5.91 Å². The second kappa shape index (κ2) is 12.0. The molecule has 1 aliphatic carbocycles. The summed E-state index contributed by atoms with van der Waals surface area (Å²) in [7, 11) is 0. The molecule has 0 radical (unpaired) electrons. The van der Waals surface area contributed by atoms with E-state index in [2.05, 4.69) is 41.9 Å². The topological polar surface area (TPSA) is 84.2 Å². The Bertz CT molecular complexity index is 1120. The van der Waals surface area contributed by atoms with Crippen LogP contribution in [-0.4, -0.2) is 72.8 Å². The van der Waals surface area contributed by atoms with Crippen LogP contribution in [0.5, 0.6) is 0 Å². The Kier molecular flexibility index (Phi) is 8.11. The zero-order chi connectivity index (χ0) is 26.5. The molecule has 8 nitrogen and oxygen atoms in total. The third kappa shape index (κ3) is 6.44. The number of nitrogens with one attached hydrogen (secondary N) is 2. The number of H-pyrrole nitrogens is 2. The highest BCUT2D eigenvalue weighted by molar-refractivity contribution is 5.94. The number of hydrogen-bond donors (Lipinski definition) is 2. The number of aromatic nitrogens is 4. The van der Waals surface area contributed by atoms with Crippen molar-refractivity contribution in [1.29, 1.82) is 0 Å². The van der Waals surface area contributed by atoms with Crippen LogP contribution >= 0.6 is 0 Å². The van der Waals surface area contributed by atoms with Gasteiger partial charge in [-0.15, -0.1) is 0 Å². The van der Waals surface area contributed by atoms with E-state index in [1.807, 2.05) is 12.1 Å². The Morgan fingerprint density at radius 1 is 0.872 bits per heavy atom. The number of likely N-dealkylation sites (tertiary alicyclic amines) is 2. The van der Waals surface area contributed by atoms with E-state index in [1.54, 1.807) is 29.7 Å². The molecular weight excluding hydrogens is 486 g/mol. The monoisotopic (exact) mass is 529 g/mol. The third-order valence-corrected chi connectivity index (χ3v) is 9.40. The summed E-state index contributed by atoms with van der Waals surface area (Å²) in [4.78, 5) is 35.5. The maximum Gasteiger partial charge on any atom is 0.254 e. The molecule has 0 atom stereocenters. The van der Waals surface area contributed by atoms with Gasteiger partial charge in [0.15, 0.2) is 0 Å². The van der Waals surface area contributed by atoms with Gasteiger partial charge in [-0.1, -0.05) is 37.8 Å². The van der Waals surface area contributed by atoms with Crippen LogP contribution in [0.4, 0.5) is 0 Å². The van der Waals surface area contributed by atoms with Gasteiger partial charge in [0, 0.05) is 49.5 Å². The van der Waals surface area contributed by atoms with Crippen LogP contribution < -0.4 is 0 Å². The molecule has 1 saturated carbocycles. The molecule has 2 saturated heterocycles. The van der Waals surface area contributed by atoms with Crippen molar-refractivity contribution in [2.45, 2.75) is 83.5 Å². The van der Waals surface area contributed by atoms with E-state index >= 15 is 0 Å². The summed E-state index contributed by atoms with van der Waals surface area (Å²) in [6.45, 7) is 6.76. The van der Waals surface area contributed by atoms with Gasteiger partial charge in [0.2, 0.25) is 0 Å². The second-order valence-corrected chi connectivity index (χ2v) is 12.1. The molecule has 1 amide bonds. The smallest absolute Gasteiger partial charge is 0.254 e. The normalized spacial score (nSPS) is 20.8. The molecule has 2 aliphatic heterocycles. The van der Waals surface area contributed by atoms with Crippen LogP contribution in [0, 0.1) is 5.41 Å². The number of amides is 1. The first-order valence-electron chi connectivity index (χ1n) is 15.0. The maximum absolute atomic E-state index is 13.4. The van der Waals surface area contributed by atoms with E-state index in [0.29, 0.717) is 24.1 Å². The van der Waals surface area contributed by atoms with Gasteiger partial charge in [-0.25, -0.2) is 9.97 Å². The van der Waals surface area contributed by atoms with Crippen LogP contribution in [-0.2, 0) is 19.6 Å². The van der Waals surface area contributed by atoms with Crippen LogP contribution in [0.15, 0.2) is 49.1 Å². The number of aromatic amines is 2. The molecule has 2 N–H and O–H groups in total. The van der Waals surface area contributed by atoms with Gasteiger partial charge >= 0.3 is 0 Å². The molecule has 2 aromatic heterocycles. The van der Waals surface area contributed by atoms with Gasteiger partial charge in [0.05, 0.1) is 13.1 Å². The number of rotatable bonds is 8. The molecule has 6 rings (SSSR count). The van der Waals surface area contributed by atoms with E-state index < -0.39 is 0 Å². The summed E-state index contributed by atoms with van der Waals surface area (Å²) in [6, 6.07) is 9.06. The number of imidazole rings is 2. The number of piperidine rings is 1. The zero-order valence-electron chi connectivity index (χ0n) is 23.2. The first kappa shape index (κ1) is 26.3. The maximum atomic E-state index is 13.4. The molecule has 1 aromatic carbocycles. The third-order valence-electron chi connectivity index (χ3n) is 9.40. The van der Waals surface area contributed by atoms with Crippen LogP contribution in [0.3, 0.4) is 0 Å². The first-order chi connectivity index (χ1) is 19.2. The summed E-state index contributed by atoms with van der Waals surface area (Å²) in [5.41, 5.74) is 2.48. The van der Waals surface area contributed by atoms with Crippen molar-refractivity contribution in [1.82, 2.24) is 34.6 Å². The Morgan fingerprint density at radius 3 is 2.08 bits per heavy atom. The Labute approximate surface area is 232 Å². The predicted molar refractivity (Wildman–Crippen MR) is 152 cm³/mol. The van der Waals surface area contributed by atoms with Gasteiger partial charge in [-0.05, 0) is 74.8 Å². The average molecular weight is 530 g/mol. The lowest BCUT2D eigenvalue weighted by atomic mass is 9.77. The number of benzene rings is 1. The molecular formula is C31H43N7O. The first-order valence-corrected chi connectivity index (χ1v) is 15.0. The van der Waals surface area contributed by atoms with Crippen molar-refractivity contribution in [3.05, 3.63) is 71.8 Å². The van der Waals surface area contributed by atoms with E-state index in [-0.39, 0.29) is 5.91 Å². The Morgan fingerprint density at radius 2 is 1.49 bits per heavy atom. The van der Waals surface area contributed by atoms with Gasteiger partial charge in [0.25, 0.3) is 5.91 Å². The number of hydrogen-bond acceptors (Lipinski definition) is 5. The summed E-state index contributed by atoms with van der Waals surface area (Å²) in [5, 5.41) is 0. The second-order valence-electron chi connectivity index (χ2n) is 12.1. The summed E-state index contributed by atoms with van der Waals surface area (Å²) >= 11 is 0. The highest BCUT2D eigenvalue weighted by Crippen LogP contribution is 2.42. The van der Waals surface area contributed by atoms with Gasteiger partial charge in [-0.2, -0.15) is 0 Å². The van der Waals surface area contributed by atoms with E-state index in [1.165, 1.54) is 89.5 Å². The fraction of sp³-hybridized carbons (Fsp3) is 0.581. The van der Waals surface area contributed by atoms with Gasteiger partial charge in [-0.3, -0.25) is 9.69 Å². The fourth-order valence-electron chi connectivity index (χ4n) is 7.08. The number of nitrogens with zero attached hydrogens (tertiary/aromatic N) is 5. The lowest BCUT2D eigenvalue weighted by molar-refractivity contribution is 0.0698. The molecule has 4 heterocycles. The molecule has 8 heteroatoms. The number of carbonyl (C=O) groups is 1. The summed E-state index contributed by atoms with van der Waals surface area (Å²) in [6.07, 6.45) is 19.6. The summed E-state index contributed by atoms with van der Waals surface area (Å²) < 4.78 is 0. The van der Waals surface area contributed by atoms with Crippen LogP contribution in [0.2, 0.25) is 0 Å². The lowest BCUT2D eigenvalue weighted by Gasteiger charge is -2.42. The molecule has 0 bridgehead atoms. The van der Waals surface area contributed by atoms with Gasteiger partial charge < -0.3 is 19.8 Å². The molecule has 39 heavy (non-hydrogen) atoms. The lowest BCUT2D eigenvalue weighted by Crippen LogP contribution is -2.46. The van der Waals surface area contributed by atoms with Gasteiger partial charge in [0.1, 0.15) is 11.6 Å². The highest BCUT2D eigenvalue weighted by atomic mass is 16.2. The minimum absolute atomic E-state index is 0.0186. The average Bonchev–Trinajstić information content (AvgIpc) is 3.70. The van der Waals surface area contributed by atoms with Crippen molar-refractivity contribution < 1.29 is 4.79 Å². The fourth-order valence-corrected chi connectivity index (χ4v) is 7.08.